The van der Waals surface area contributed by atoms with Crippen molar-refractivity contribution in [1.29, 1.82) is 0 Å². The molecule has 1 aliphatic rings. The molecule has 0 unspecified atom stereocenters. The highest BCUT2D eigenvalue weighted by molar-refractivity contribution is 8.26. The van der Waals surface area contributed by atoms with E-state index in [9.17, 15) is 19.2 Å². The molecule has 0 aliphatic carbocycles. The largest absolute Gasteiger partial charge is 0.497 e. The van der Waals surface area contributed by atoms with Gasteiger partial charge < -0.3 is 14.8 Å². The molecule has 3 aromatic rings. The lowest BCUT2D eigenvalue weighted by Crippen LogP contribution is -2.44. The van der Waals surface area contributed by atoms with Gasteiger partial charge in [0.1, 0.15) is 5.75 Å². The minimum Gasteiger partial charge on any atom is -0.497 e. The summed E-state index contributed by atoms with van der Waals surface area (Å²) in [4.78, 5) is 50.1. The van der Waals surface area contributed by atoms with Crippen LogP contribution in [0.1, 0.15) is 31.8 Å². The van der Waals surface area contributed by atoms with Crippen LogP contribution in [0.3, 0.4) is 0 Å². The van der Waals surface area contributed by atoms with E-state index < -0.39 is 30.3 Å². The lowest BCUT2D eigenvalue weighted by atomic mass is 10.1. The fraction of sp³-hybridized carbons (Fsp3) is 0.107. The third-order valence-electron chi connectivity index (χ3n) is 5.47. The van der Waals surface area contributed by atoms with Gasteiger partial charge in [0.25, 0.3) is 17.7 Å². The van der Waals surface area contributed by atoms with Crippen molar-refractivity contribution >= 4 is 63.8 Å². The van der Waals surface area contributed by atoms with Crippen LogP contribution in [0.15, 0.2) is 77.7 Å². The van der Waals surface area contributed by atoms with E-state index in [0.717, 1.165) is 22.3 Å². The quantitative estimate of drug-likeness (QED) is 0.237. The number of aryl methyl sites for hydroxylation is 1. The van der Waals surface area contributed by atoms with Gasteiger partial charge in [0.05, 0.1) is 17.6 Å². The fourth-order valence-electron chi connectivity index (χ4n) is 3.39. The number of rotatable bonds is 8. The van der Waals surface area contributed by atoms with Crippen LogP contribution in [0, 0.1) is 6.92 Å². The van der Waals surface area contributed by atoms with Crippen molar-refractivity contribution in [2.75, 3.05) is 19.0 Å². The lowest BCUT2D eigenvalue weighted by Gasteiger charge is -2.15. The normalized spacial score (nSPS) is 13.8. The Balaban J connectivity index is 1.32. The van der Waals surface area contributed by atoms with Gasteiger partial charge in [0.2, 0.25) is 0 Å². The van der Waals surface area contributed by atoms with E-state index in [-0.39, 0.29) is 9.88 Å². The number of thioether (sulfide) groups is 1. The number of carbonyl (C=O) groups excluding carboxylic acids is 4. The molecule has 0 bridgehead atoms. The van der Waals surface area contributed by atoms with Crippen LogP contribution < -0.4 is 15.5 Å². The zero-order chi connectivity index (χ0) is 27.9. The van der Waals surface area contributed by atoms with Gasteiger partial charge in [-0.25, -0.2) is 4.79 Å². The van der Waals surface area contributed by atoms with Crippen LogP contribution in [0.5, 0.6) is 5.75 Å². The molecule has 0 saturated carbocycles. The number of esters is 1. The first-order valence-corrected chi connectivity index (χ1v) is 12.8. The number of hydrogen-bond donors (Lipinski definition) is 2. The van der Waals surface area contributed by atoms with Crippen LogP contribution in [0.25, 0.3) is 6.08 Å². The molecule has 11 heteroatoms. The molecule has 198 valence electrons. The number of benzene rings is 3. The van der Waals surface area contributed by atoms with Gasteiger partial charge in [-0.15, -0.1) is 0 Å². The molecule has 1 fully saturated rings. The Kier molecular flexibility index (Phi) is 8.74. The Hall–Kier alpha value is -4.48. The summed E-state index contributed by atoms with van der Waals surface area (Å²) < 4.78 is 10.4. The number of carbonyl (C=O) groups is 4. The number of ether oxygens (including phenoxy) is 2. The smallest absolute Gasteiger partial charge is 0.338 e. The Labute approximate surface area is 234 Å². The molecule has 1 heterocycles. The van der Waals surface area contributed by atoms with E-state index in [0.29, 0.717) is 27.5 Å². The van der Waals surface area contributed by atoms with E-state index in [2.05, 4.69) is 10.7 Å². The van der Waals surface area contributed by atoms with Gasteiger partial charge in [-0.2, -0.15) is 5.01 Å². The second kappa shape index (κ2) is 12.4. The molecule has 4 rings (SSSR count). The molecule has 0 atom stereocenters. The van der Waals surface area contributed by atoms with Crippen LogP contribution in [-0.2, 0) is 14.3 Å². The summed E-state index contributed by atoms with van der Waals surface area (Å²) in [6.45, 7) is 1.51. The standard InChI is InChI=1S/C28H23N3O6S2/c1-17-3-11-21(12-4-17)29-24(32)16-37-27(35)20-7-5-18(6-8-20)15-23-26(34)31(28(38)39-23)30-25(33)19-9-13-22(36-2)14-10-19/h3-15H,16H2,1-2H3,(H,29,32)(H,30,33)/b23-15-. The van der Waals surface area contributed by atoms with Crippen molar-refractivity contribution < 1.29 is 28.7 Å². The molecule has 1 saturated heterocycles. The third-order valence-corrected chi connectivity index (χ3v) is 6.78. The molecule has 0 aromatic heterocycles. The van der Waals surface area contributed by atoms with Crippen LogP contribution in [0.2, 0.25) is 0 Å². The van der Waals surface area contributed by atoms with Gasteiger partial charge in [-0.3, -0.25) is 19.8 Å². The maximum absolute atomic E-state index is 12.9. The Morgan fingerprint density at radius 1 is 0.949 bits per heavy atom. The Morgan fingerprint density at radius 3 is 2.23 bits per heavy atom. The zero-order valence-corrected chi connectivity index (χ0v) is 22.6. The highest BCUT2D eigenvalue weighted by Crippen LogP contribution is 2.31. The lowest BCUT2D eigenvalue weighted by molar-refractivity contribution is -0.123. The Bertz CT molecular complexity index is 1450. The zero-order valence-electron chi connectivity index (χ0n) is 20.9. The van der Waals surface area contributed by atoms with Crippen molar-refractivity contribution in [3.63, 3.8) is 0 Å². The Morgan fingerprint density at radius 2 is 1.59 bits per heavy atom. The summed E-state index contributed by atoms with van der Waals surface area (Å²) in [6, 6.07) is 20.0. The number of nitrogens with one attached hydrogen (secondary N) is 2. The van der Waals surface area contributed by atoms with Gasteiger partial charge in [-0.1, -0.05) is 41.6 Å². The summed E-state index contributed by atoms with van der Waals surface area (Å²) >= 11 is 6.31. The molecule has 9 nitrogen and oxygen atoms in total. The predicted molar refractivity (Wildman–Crippen MR) is 152 cm³/mol. The average Bonchev–Trinajstić information content (AvgIpc) is 3.20. The van der Waals surface area contributed by atoms with Crippen molar-refractivity contribution in [1.82, 2.24) is 10.4 Å². The number of hydrogen-bond acceptors (Lipinski definition) is 8. The van der Waals surface area contributed by atoms with E-state index in [1.54, 1.807) is 54.6 Å². The second-order valence-corrected chi connectivity index (χ2v) is 9.97. The number of methoxy groups -OCH3 is 1. The van der Waals surface area contributed by atoms with Crippen molar-refractivity contribution in [2.45, 2.75) is 6.92 Å². The van der Waals surface area contributed by atoms with E-state index in [1.807, 2.05) is 19.1 Å². The highest BCUT2D eigenvalue weighted by atomic mass is 32.2. The van der Waals surface area contributed by atoms with E-state index in [4.69, 9.17) is 21.7 Å². The number of thiocarbonyl (C=S) groups is 1. The van der Waals surface area contributed by atoms with E-state index in [1.165, 1.54) is 19.2 Å². The molecular formula is C28H23N3O6S2. The summed E-state index contributed by atoms with van der Waals surface area (Å²) in [5, 5.41) is 3.68. The van der Waals surface area contributed by atoms with Crippen molar-refractivity contribution in [2.24, 2.45) is 0 Å². The topological polar surface area (TPSA) is 114 Å². The third kappa shape index (κ3) is 7.09. The average molecular weight is 562 g/mol. The molecule has 3 aromatic carbocycles. The molecule has 0 radical (unpaired) electrons. The first-order chi connectivity index (χ1) is 18.7. The number of anilines is 1. The first kappa shape index (κ1) is 27.6. The maximum Gasteiger partial charge on any atom is 0.338 e. The molecule has 2 N–H and O–H groups in total. The maximum atomic E-state index is 12.9. The summed E-state index contributed by atoms with van der Waals surface area (Å²) in [5.41, 5.74) is 5.40. The first-order valence-electron chi connectivity index (χ1n) is 11.6. The minimum absolute atomic E-state index is 0.178. The van der Waals surface area contributed by atoms with E-state index >= 15 is 0 Å². The summed E-state index contributed by atoms with van der Waals surface area (Å²) in [6.07, 6.45) is 1.60. The second-order valence-electron chi connectivity index (χ2n) is 8.30. The SMILES string of the molecule is COc1ccc(C(=O)NN2C(=O)/C(=C/c3ccc(C(=O)OCC(=O)Nc4ccc(C)cc4)cc3)SC2=S)cc1. The molecule has 1 aliphatic heterocycles. The number of hydrazine groups is 1. The summed E-state index contributed by atoms with van der Waals surface area (Å²) in [7, 11) is 1.52. The van der Waals surface area contributed by atoms with Gasteiger partial charge in [0.15, 0.2) is 10.9 Å². The van der Waals surface area contributed by atoms with Gasteiger partial charge in [-0.05, 0) is 79.3 Å². The number of nitrogens with zero attached hydrogens (tertiary/aromatic N) is 1. The van der Waals surface area contributed by atoms with Gasteiger partial charge in [0, 0.05) is 11.3 Å². The fourth-order valence-corrected chi connectivity index (χ4v) is 4.57. The number of amides is 3. The molecule has 39 heavy (non-hydrogen) atoms. The summed E-state index contributed by atoms with van der Waals surface area (Å²) in [5.74, 6) is -1.48. The van der Waals surface area contributed by atoms with Crippen LogP contribution in [0.4, 0.5) is 5.69 Å². The van der Waals surface area contributed by atoms with Crippen LogP contribution in [-0.4, -0.2) is 46.7 Å². The van der Waals surface area contributed by atoms with Crippen molar-refractivity contribution in [3.05, 3.63) is 100.0 Å². The van der Waals surface area contributed by atoms with Gasteiger partial charge >= 0.3 is 5.97 Å². The van der Waals surface area contributed by atoms with Crippen molar-refractivity contribution in [3.8, 4) is 5.75 Å². The monoisotopic (exact) mass is 561 g/mol. The van der Waals surface area contributed by atoms with Crippen LogP contribution >= 0.6 is 24.0 Å². The highest BCUT2D eigenvalue weighted by Gasteiger charge is 2.33. The molecule has 0 spiro atoms. The molecular weight excluding hydrogens is 538 g/mol. The molecule has 3 amide bonds. The predicted octanol–water partition coefficient (Wildman–Crippen LogP) is 4.35. The minimum atomic E-state index is -0.659.